The minimum atomic E-state index is -0.968. The molecule has 1 aliphatic rings. The number of fused-ring (bicyclic) bond motifs is 1. The number of hydrogen-bond acceptors (Lipinski definition) is 7. The van der Waals surface area contributed by atoms with Gasteiger partial charge in [-0.05, 0) is 47.0 Å². The topological polar surface area (TPSA) is 111 Å². The summed E-state index contributed by atoms with van der Waals surface area (Å²) < 4.78 is 7.34. The lowest BCUT2D eigenvalue weighted by atomic mass is 9.91. The number of hydrogen-bond donors (Lipinski definition) is 2. The first-order valence-corrected chi connectivity index (χ1v) is 11.9. The Morgan fingerprint density at radius 3 is 2.60 bits per heavy atom. The Hall–Kier alpha value is -3.85. The molecule has 1 aliphatic heterocycles. The van der Waals surface area contributed by atoms with Crippen molar-refractivity contribution in [3.8, 4) is 28.2 Å². The number of ether oxygens (including phenoxy) is 1. The molecule has 0 amide bonds. The molecule has 1 unspecified atom stereocenters. The zero-order valence-corrected chi connectivity index (χ0v) is 20.2. The third-order valence-corrected chi connectivity index (χ3v) is 6.64. The summed E-state index contributed by atoms with van der Waals surface area (Å²) >= 11 is 0. The monoisotopic (exact) mass is 471 g/mol. The SMILES string of the molecule is CCCCc1nc2c(n1-c1ccc(-c3ccccc3-c3nnn[nH]3)cc1)C(C)(C(=O)OC)NCC2. The largest absolute Gasteiger partial charge is 0.467 e. The number of aromatic nitrogens is 6. The molecule has 180 valence electrons. The molecule has 9 nitrogen and oxygen atoms in total. The number of unbranched alkanes of at least 4 members (excludes halogenated alkanes) is 1. The maximum atomic E-state index is 12.9. The van der Waals surface area contributed by atoms with Crippen molar-refractivity contribution in [1.29, 1.82) is 0 Å². The standard InChI is InChI=1S/C26H29N7O2/c1-4-5-10-22-28-21-15-16-27-26(2,25(34)35-3)23(21)33(22)18-13-11-17(12-14-18)19-8-6-7-9-20(19)24-29-31-32-30-24/h6-9,11-14,27H,4-5,10,15-16H2,1-3H3,(H,29,30,31,32). The molecule has 0 spiro atoms. The lowest BCUT2D eigenvalue weighted by Gasteiger charge is -2.33. The summed E-state index contributed by atoms with van der Waals surface area (Å²) in [4.78, 5) is 17.9. The van der Waals surface area contributed by atoms with Crippen LogP contribution >= 0.6 is 0 Å². The van der Waals surface area contributed by atoms with Gasteiger partial charge in [0.15, 0.2) is 11.4 Å². The van der Waals surface area contributed by atoms with Gasteiger partial charge in [0.1, 0.15) is 5.82 Å². The van der Waals surface area contributed by atoms with E-state index in [9.17, 15) is 4.79 Å². The Morgan fingerprint density at radius 1 is 1.14 bits per heavy atom. The predicted octanol–water partition coefficient (Wildman–Crippen LogP) is 3.60. The Bertz CT molecular complexity index is 1330. The van der Waals surface area contributed by atoms with Crippen molar-refractivity contribution < 1.29 is 9.53 Å². The van der Waals surface area contributed by atoms with E-state index in [1.165, 1.54) is 7.11 Å². The van der Waals surface area contributed by atoms with Gasteiger partial charge in [0.25, 0.3) is 0 Å². The first-order chi connectivity index (χ1) is 17.1. The van der Waals surface area contributed by atoms with E-state index in [0.717, 1.165) is 65.3 Å². The Morgan fingerprint density at radius 2 is 1.91 bits per heavy atom. The molecule has 2 N–H and O–H groups in total. The molecule has 9 heteroatoms. The highest BCUT2D eigenvalue weighted by molar-refractivity contribution is 5.83. The van der Waals surface area contributed by atoms with Gasteiger partial charge < -0.3 is 4.74 Å². The average Bonchev–Trinajstić information content (AvgIpc) is 3.56. The quantitative estimate of drug-likeness (QED) is 0.396. The number of nitrogens with zero attached hydrogens (tertiary/aromatic N) is 5. The molecule has 0 radical (unpaired) electrons. The van der Waals surface area contributed by atoms with E-state index in [4.69, 9.17) is 9.72 Å². The van der Waals surface area contributed by atoms with Gasteiger partial charge in [-0.2, -0.15) is 0 Å². The van der Waals surface area contributed by atoms with Crippen LogP contribution in [0.3, 0.4) is 0 Å². The van der Waals surface area contributed by atoms with Gasteiger partial charge in [-0.15, -0.1) is 5.10 Å². The molecule has 2 aromatic heterocycles. The number of tetrazole rings is 1. The summed E-state index contributed by atoms with van der Waals surface area (Å²) in [5.74, 6) is 1.28. The molecule has 0 saturated carbocycles. The number of rotatable bonds is 7. The highest BCUT2D eigenvalue weighted by Gasteiger charge is 2.44. The van der Waals surface area contributed by atoms with E-state index in [-0.39, 0.29) is 5.97 Å². The van der Waals surface area contributed by atoms with E-state index >= 15 is 0 Å². The Kier molecular flexibility index (Phi) is 6.17. The van der Waals surface area contributed by atoms with Gasteiger partial charge in [0.2, 0.25) is 0 Å². The Labute approximate surface area is 203 Å². The number of imidazole rings is 1. The van der Waals surface area contributed by atoms with Gasteiger partial charge in [0, 0.05) is 30.6 Å². The number of nitrogens with one attached hydrogen (secondary N) is 2. The second kappa shape index (κ2) is 9.42. The molecular weight excluding hydrogens is 442 g/mol. The lowest BCUT2D eigenvalue weighted by molar-refractivity contribution is -0.148. The number of esters is 1. The first-order valence-electron chi connectivity index (χ1n) is 11.9. The zero-order valence-electron chi connectivity index (χ0n) is 20.2. The number of benzene rings is 2. The molecule has 1 atom stereocenters. The van der Waals surface area contributed by atoms with Gasteiger partial charge in [-0.1, -0.05) is 49.7 Å². The second-order valence-corrected chi connectivity index (χ2v) is 8.90. The first kappa shape index (κ1) is 22.9. The predicted molar refractivity (Wildman–Crippen MR) is 132 cm³/mol. The zero-order chi connectivity index (χ0) is 24.4. The molecule has 0 fully saturated rings. The molecule has 0 aliphatic carbocycles. The summed E-state index contributed by atoms with van der Waals surface area (Å²) in [5, 5.41) is 17.7. The third kappa shape index (κ3) is 4.01. The number of carbonyl (C=O) groups excluding carboxylic acids is 1. The third-order valence-electron chi connectivity index (χ3n) is 6.64. The molecular formula is C26H29N7O2. The van der Waals surface area contributed by atoms with E-state index < -0.39 is 5.54 Å². The van der Waals surface area contributed by atoms with Crippen LogP contribution in [0.15, 0.2) is 48.5 Å². The van der Waals surface area contributed by atoms with E-state index in [0.29, 0.717) is 12.4 Å². The highest BCUT2D eigenvalue weighted by Crippen LogP contribution is 2.35. The van der Waals surface area contributed by atoms with Gasteiger partial charge >= 0.3 is 5.97 Å². The minimum Gasteiger partial charge on any atom is -0.467 e. The molecule has 35 heavy (non-hydrogen) atoms. The van der Waals surface area contributed by atoms with Crippen molar-refractivity contribution in [2.24, 2.45) is 0 Å². The second-order valence-electron chi connectivity index (χ2n) is 8.90. The molecule has 2 aromatic carbocycles. The summed E-state index contributed by atoms with van der Waals surface area (Å²) in [6.07, 6.45) is 3.69. The summed E-state index contributed by atoms with van der Waals surface area (Å²) in [6, 6.07) is 16.3. The molecule has 0 bridgehead atoms. The number of carbonyl (C=O) groups is 1. The summed E-state index contributed by atoms with van der Waals surface area (Å²) in [6.45, 7) is 4.73. The van der Waals surface area contributed by atoms with Crippen molar-refractivity contribution in [2.75, 3.05) is 13.7 Å². The van der Waals surface area contributed by atoms with Crippen molar-refractivity contribution in [3.63, 3.8) is 0 Å². The van der Waals surface area contributed by atoms with Crippen molar-refractivity contribution in [1.82, 2.24) is 35.5 Å². The number of aromatic amines is 1. The molecule has 3 heterocycles. The molecule has 5 rings (SSSR count). The summed E-state index contributed by atoms with van der Waals surface area (Å²) in [5.41, 5.74) is 4.81. The smallest absolute Gasteiger partial charge is 0.332 e. The Balaban J connectivity index is 1.61. The van der Waals surface area contributed by atoms with Crippen LogP contribution < -0.4 is 5.32 Å². The fourth-order valence-electron chi connectivity index (χ4n) is 4.88. The fourth-order valence-corrected chi connectivity index (χ4v) is 4.88. The van der Waals surface area contributed by atoms with Gasteiger partial charge in [0.05, 0.1) is 18.5 Å². The highest BCUT2D eigenvalue weighted by atomic mass is 16.5. The van der Waals surface area contributed by atoms with Crippen LogP contribution in [0.1, 0.15) is 43.9 Å². The normalized spacial score (nSPS) is 17.2. The van der Waals surface area contributed by atoms with Crippen LogP contribution in [0, 0.1) is 0 Å². The van der Waals surface area contributed by atoms with E-state index in [2.05, 4.69) is 67.8 Å². The summed E-state index contributed by atoms with van der Waals surface area (Å²) in [7, 11) is 1.43. The minimum absolute atomic E-state index is 0.312. The van der Waals surface area contributed by atoms with Crippen molar-refractivity contribution >= 4 is 5.97 Å². The van der Waals surface area contributed by atoms with Crippen LogP contribution in [0.5, 0.6) is 0 Å². The lowest BCUT2D eigenvalue weighted by Crippen LogP contribution is -2.52. The molecule has 0 saturated heterocycles. The van der Waals surface area contributed by atoms with Crippen molar-refractivity contribution in [2.45, 2.75) is 45.1 Å². The number of aryl methyl sites for hydroxylation is 1. The van der Waals surface area contributed by atoms with Crippen LogP contribution in [-0.4, -0.2) is 49.8 Å². The molecule has 4 aromatic rings. The van der Waals surface area contributed by atoms with Crippen LogP contribution in [0.2, 0.25) is 0 Å². The van der Waals surface area contributed by atoms with Crippen molar-refractivity contribution in [3.05, 3.63) is 65.7 Å². The van der Waals surface area contributed by atoms with Crippen LogP contribution in [0.4, 0.5) is 0 Å². The van der Waals surface area contributed by atoms with Gasteiger partial charge in [-0.3, -0.25) is 9.88 Å². The maximum absolute atomic E-state index is 12.9. The van der Waals surface area contributed by atoms with E-state index in [1.807, 2.05) is 25.1 Å². The van der Waals surface area contributed by atoms with Crippen LogP contribution in [-0.2, 0) is 27.9 Å². The van der Waals surface area contributed by atoms with Gasteiger partial charge in [-0.25, -0.2) is 14.9 Å². The van der Waals surface area contributed by atoms with Crippen LogP contribution in [0.25, 0.3) is 28.2 Å². The average molecular weight is 472 g/mol. The number of H-pyrrole nitrogens is 1. The van der Waals surface area contributed by atoms with E-state index in [1.54, 1.807) is 0 Å². The fraction of sp³-hybridized carbons (Fsp3) is 0.346. The maximum Gasteiger partial charge on any atom is 0.332 e. The number of methoxy groups -OCH3 is 1.